The van der Waals surface area contributed by atoms with E-state index in [9.17, 15) is 13.2 Å². The predicted molar refractivity (Wildman–Crippen MR) is 83.8 cm³/mol. The number of hydrogen-bond acceptors (Lipinski definition) is 3. The van der Waals surface area contributed by atoms with E-state index in [1.807, 2.05) is 13.8 Å². The molecule has 0 saturated heterocycles. The Hall–Kier alpha value is -0.590. The Morgan fingerprint density at radius 1 is 1.35 bits per heavy atom. The zero-order chi connectivity index (χ0) is 15.5. The molecule has 0 radical (unpaired) electrons. The molecule has 0 aromatic heterocycles. The molecule has 0 aliphatic heterocycles. The third-order valence-electron chi connectivity index (χ3n) is 3.07. The summed E-state index contributed by atoms with van der Waals surface area (Å²) in [5.41, 5.74) is 0.929. The van der Waals surface area contributed by atoms with Crippen molar-refractivity contribution in [1.82, 2.24) is 5.32 Å². The van der Waals surface area contributed by atoms with Crippen LogP contribution in [0.3, 0.4) is 0 Å². The summed E-state index contributed by atoms with van der Waals surface area (Å²) in [4.78, 5) is 12.1. The Balaban J connectivity index is 3.21. The van der Waals surface area contributed by atoms with Gasteiger partial charge in [-0.1, -0.05) is 13.8 Å². The van der Waals surface area contributed by atoms with Gasteiger partial charge in [0.25, 0.3) is 15.0 Å². The van der Waals surface area contributed by atoms with Crippen molar-refractivity contribution in [2.24, 2.45) is 0 Å². The van der Waals surface area contributed by atoms with Gasteiger partial charge in [0.2, 0.25) is 0 Å². The van der Waals surface area contributed by atoms with E-state index in [4.69, 9.17) is 10.7 Å². The lowest BCUT2D eigenvalue weighted by atomic mass is 10.1. The number of rotatable bonds is 5. The summed E-state index contributed by atoms with van der Waals surface area (Å²) in [5, 5.41) is 2.87. The van der Waals surface area contributed by atoms with E-state index in [2.05, 4.69) is 21.2 Å². The molecule has 0 bridgehead atoms. The van der Waals surface area contributed by atoms with Crippen LogP contribution in [-0.4, -0.2) is 20.4 Å². The normalized spacial score (nSPS) is 11.7. The van der Waals surface area contributed by atoms with Crippen LogP contribution in [0.4, 0.5) is 0 Å². The second-order valence-corrected chi connectivity index (χ2v) is 7.86. The van der Waals surface area contributed by atoms with Gasteiger partial charge >= 0.3 is 0 Å². The highest BCUT2D eigenvalue weighted by atomic mass is 79.9. The van der Waals surface area contributed by atoms with Crippen LogP contribution < -0.4 is 5.32 Å². The predicted octanol–water partition coefficient (Wildman–Crippen LogP) is 3.60. The minimum Gasteiger partial charge on any atom is -0.349 e. The number of aryl methyl sites for hydroxylation is 1. The van der Waals surface area contributed by atoms with Crippen molar-refractivity contribution in [3.05, 3.63) is 27.7 Å². The quantitative estimate of drug-likeness (QED) is 0.791. The Labute approximate surface area is 132 Å². The molecule has 0 spiro atoms. The van der Waals surface area contributed by atoms with Crippen LogP contribution in [0.15, 0.2) is 21.5 Å². The van der Waals surface area contributed by atoms with Gasteiger partial charge in [0.15, 0.2) is 0 Å². The number of hydrogen-bond donors (Lipinski definition) is 1. The Morgan fingerprint density at radius 3 is 2.35 bits per heavy atom. The van der Waals surface area contributed by atoms with Gasteiger partial charge in [-0.15, -0.1) is 0 Å². The summed E-state index contributed by atoms with van der Waals surface area (Å²) in [6.45, 7) is 5.68. The first-order valence-electron chi connectivity index (χ1n) is 6.26. The zero-order valence-electron chi connectivity index (χ0n) is 11.5. The molecule has 112 valence electrons. The number of halogens is 2. The minimum absolute atomic E-state index is 0.0718. The van der Waals surface area contributed by atoms with Crippen LogP contribution in [0.1, 0.15) is 42.6 Å². The summed E-state index contributed by atoms with van der Waals surface area (Å²) >= 11 is 3.18. The van der Waals surface area contributed by atoms with Crippen LogP contribution in [-0.2, 0) is 9.05 Å². The van der Waals surface area contributed by atoms with Crippen molar-refractivity contribution in [2.45, 2.75) is 44.6 Å². The third kappa shape index (κ3) is 4.20. The molecular formula is C13H17BrClNO3S. The highest BCUT2D eigenvalue weighted by Gasteiger charge is 2.20. The Bertz CT molecular complexity index is 612. The molecule has 1 aromatic rings. The molecule has 1 aromatic carbocycles. The number of nitrogens with one attached hydrogen (secondary N) is 1. The van der Waals surface area contributed by atoms with E-state index in [1.165, 1.54) is 6.07 Å². The molecule has 4 nitrogen and oxygen atoms in total. The van der Waals surface area contributed by atoms with Crippen molar-refractivity contribution < 1.29 is 13.2 Å². The SMILES string of the molecule is CCC(CC)NC(=O)c1cc(C)c(Br)c(S(=O)(=O)Cl)c1. The van der Waals surface area contributed by atoms with Gasteiger partial charge < -0.3 is 5.32 Å². The maximum absolute atomic E-state index is 12.2. The minimum atomic E-state index is -3.91. The van der Waals surface area contributed by atoms with E-state index in [0.29, 0.717) is 10.0 Å². The van der Waals surface area contributed by atoms with E-state index in [-0.39, 0.29) is 22.4 Å². The Kier molecular flexibility index (Phi) is 6.04. The molecule has 20 heavy (non-hydrogen) atoms. The van der Waals surface area contributed by atoms with Gasteiger partial charge in [-0.05, 0) is 53.4 Å². The Morgan fingerprint density at radius 2 is 1.90 bits per heavy atom. The van der Waals surface area contributed by atoms with Gasteiger partial charge in [-0.25, -0.2) is 8.42 Å². The maximum atomic E-state index is 12.2. The van der Waals surface area contributed by atoms with E-state index in [1.54, 1.807) is 13.0 Å². The topological polar surface area (TPSA) is 63.2 Å². The first kappa shape index (κ1) is 17.5. The summed E-state index contributed by atoms with van der Waals surface area (Å²) in [7, 11) is 1.48. The lowest BCUT2D eigenvalue weighted by Gasteiger charge is -2.15. The third-order valence-corrected chi connectivity index (χ3v) is 5.73. The second kappa shape index (κ2) is 6.91. The molecule has 1 rings (SSSR count). The number of carbonyl (C=O) groups excluding carboxylic acids is 1. The van der Waals surface area contributed by atoms with Crippen molar-refractivity contribution in [1.29, 1.82) is 0 Å². The van der Waals surface area contributed by atoms with Crippen LogP contribution in [0.2, 0.25) is 0 Å². The second-order valence-electron chi connectivity index (χ2n) is 4.53. The number of carbonyl (C=O) groups is 1. The van der Waals surface area contributed by atoms with E-state index < -0.39 is 9.05 Å². The first-order chi connectivity index (χ1) is 9.20. The molecule has 0 saturated carbocycles. The van der Waals surface area contributed by atoms with Crippen LogP contribution >= 0.6 is 26.6 Å². The van der Waals surface area contributed by atoms with Crippen LogP contribution in [0, 0.1) is 6.92 Å². The fraction of sp³-hybridized carbons (Fsp3) is 0.462. The van der Waals surface area contributed by atoms with Gasteiger partial charge in [0, 0.05) is 26.8 Å². The van der Waals surface area contributed by atoms with Crippen LogP contribution in [0.25, 0.3) is 0 Å². The van der Waals surface area contributed by atoms with Gasteiger partial charge in [-0.3, -0.25) is 4.79 Å². The molecule has 0 fully saturated rings. The lowest BCUT2D eigenvalue weighted by molar-refractivity contribution is 0.0934. The standard InChI is InChI=1S/C13H17BrClNO3S/c1-4-10(5-2)16-13(17)9-6-8(3)12(14)11(7-9)20(15,18)19/h6-7,10H,4-5H2,1-3H3,(H,16,17). The zero-order valence-corrected chi connectivity index (χ0v) is 14.7. The molecule has 7 heteroatoms. The van der Waals surface area contributed by atoms with E-state index in [0.717, 1.165) is 12.8 Å². The highest BCUT2D eigenvalue weighted by Crippen LogP contribution is 2.29. The summed E-state index contributed by atoms with van der Waals surface area (Å²) in [6.07, 6.45) is 1.64. The molecule has 0 unspecified atom stereocenters. The van der Waals surface area contributed by atoms with Crippen LogP contribution in [0.5, 0.6) is 0 Å². The fourth-order valence-electron chi connectivity index (χ4n) is 1.81. The molecular weight excluding hydrogens is 366 g/mol. The summed E-state index contributed by atoms with van der Waals surface area (Å²) < 4.78 is 23.4. The monoisotopic (exact) mass is 381 g/mol. The lowest BCUT2D eigenvalue weighted by Crippen LogP contribution is -2.33. The van der Waals surface area contributed by atoms with Gasteiger partial charge in [0.1, 0.15) is 0 Å². The first-order valence-corrected chi connectivity index (χ1v) is 9.36. The van der Waals surface area contributed by atoms with E-state index >= 15 is 0 Å². The molecule has 1 N–H and O–H groups in total. The van der Waals surface area contributed by atoms with Crippen molar-refractivity contribution in [3.63, 3.8) is 0 Å². The van der Waals surface area contributed by atoms with Gasteiger partial charge in [0.05, 0.1) is 4.90 Å². The molecule has 0 atom stereocenters. The maximum Gasteiger partial charge on any atom is 0.262 e. The van der Waals surface area contributed by atoms with Crippen molar-refractivity contribution >= 4 is 41.6 Å². The molecule has 0 aliphatic carbocycles. The number of amides is 1. The van der Waals surface area contributed by atoms with Crippen molar-refractivity contribution in [3.8, 4) is 0 Å². The smallest absolute Gasteiger partial charge is 0.262 e. The fourth-order valence-corrected chi connectivity index (χ4v) is 3.96. The average molecular weight is 383 g/mol. The largest absolute Gasteiger partial charge is 0.349 e. The van der Waals surface area contributed by atoms with Crippen molar-refractivity contribution in [2.75, 3.05) is 0 Å². The number of benzene rings is 1. The average Bonchev–Trinajstić information content (AvgIpc) is 2.37. The molecule has 1 amide bonds. The molecule has 0 heterocycles. The summed E-state index contributed by atoms with van der Waals surface area (Å²) in [5.74, 6) is -0.295. The molecule has 0 aliphatic rings. The highest BCUT2D eigenvalue weighted by molar-refractivity contribution is 9.10. The summed E-state index contributed by atoms with van der Waals surface area (Å²) in [6, 6.07) is 2.99. The van der Waals surface area contributed by atoms with Gasteiger partial charge in [-0.2, -0.15) is 0 Å².